The van der Waals surface area contributed by atoms with Crippen LogP contribution in [0.2, 0.25) is 0 Å². The molecule has 1 aromatic rings. The lowest BCUT2D eigenvalue weighted by atomic mass is 9.68. The number of nitrogens with one attached hydrogen (secondary N) is 1. The Balaban J connectivity index is 1.71. The zero-order valence-electron chi connectivity index (χ0n) is 13.4. The summed E-state index contributed by atoms with van der Waals surface area (Å²) in [6.45, 7) is 8.01. The Kier molecular flexibility index (Phi) is 3.58. The zero-order chi connectivity index (χ0) is 15.1. The van der Waals surface area contributed by atoms with Gasteiger partial charge < -0.3 is 5.32 Å². The van der Waals surface area contributed by atoms with Crippen LogP contribution in [0.4, 0.5) is 0 Å². The third kappa shape index (κ3) is 2.38. The van der Waals surface area contributed by atoms with Gasteiger partial charge in [-0.15, -0.1) is 0 Å². The van der Waals surface area contributed by atoms with E-state index >= 15 is 0 Å². The predicted octanol–water partition coefficient (Wildman–Crippen LogP) is 4.10. The van der Waals surface area contributed by atoms with Crippen LogP contribution in [-0.2, 0) is 0 Å². The Hall–Kier alpha value is -1.33. The van der Waals surface area contributed by atoms with E-state index in [1.54, 1.807) is 0 Å². The van der Waals surface area contributed by atoms with Gasteiger partial charge in [0.15, 0.2) is 0 Å². The van der Waals surface area contributed by atoms with E-state index in [1.807, 2.05) is 18.2 Å². The molecular weight excluding hydrogens is 256 g/mol. The van der Waals surface area contributed by atoms with E-state index in [0.29, 0.717) is 16.9 Å². The molecule has 2 aliphatic rings. The van der Waals surface area contributed by atoms with Crippen LogP contribution in [0.15, 0.2) is 30.3 Å². The molecule has 2 aliphatic carbocycles. The van der Waals surface area contributed by atoms with Crippen LogP contribution in [0.3, 0.4) is 0 Å². The van der Waals surface area contributed by atoms with Crippen LogP contribution >= 0.6 is 0 Å². The smallest absolute Gasteiger partial charge is 0.0837 e. The molecule has 0 aliphatic heterocycles. The minimum absolute atomic E-state index is 0.0512. The molecule has 1 aromatic carbocycles. The van der Waals surface area contributed by atoms with Gasteiger partial charge in [-0.25, -0.2) is 0 Å². The number of hydrogen-bond donors (Lipinski definition) is 1. The zero-order valence-corrected chi connectivity index (χ0v) is 13.4. The van der Waals surface area contributed by atoms with E-state index in [1.165, 1.54) is 19.3 Å². The molecule has 2 fully saturated rings. The molecule has 2 saturated carbocycles. The minimum atomic E-state index is -0.0512. The standard InChI is InChI=1S/C19H26N2/c1-18(2)16-9-10-19(3,11-16)17(18)21-13-15(12-20)14-7-5-4-6-8-14/h4-8,15-17,21H,9-11,13H2,1-3H3. The van der Waals surface area contributed by atoms with E-state index in [2.05, 4.69) is 44.3 Å². The van der Waals surface area contributed by atoms with E-state index in [4.69, 9.17) is 0 Å². The van der Waals surface area contributed by atoms with Crippen LogP contribution in [0.5, 0.6) is 0 Å². The number of nitriles is 1. The van der Waals surface area contributed by atoms with Crippen LogP contribution in [-0.4, -0.2) is 12.6 Å². The minimum Gasteiger partial charge on any atom is -0.311 e. The first-order valence-corrected chi connectivity index (χ1v) is 8.15. The molecule has 0 spiro atoms. The summed E-state index contributed by atoms with van der Waals surface area (Å²) < 4.78 is 0. The average molecular weight is 282 g/mol. The van der Waals surface area contributed by atoms with Crippen LogP contribution in [0.1, 0.15) is 51.5 Å². The molecule has 21 heavy (non-hydrogen) atoms. The fourth-order valence-electron chi connectivity index (χ4n) is 4.97. The highest BCUT2D eigenvalue weighted by atomic mass is 15.0. The molecule has 0 saturated heterocycles. The van der Waals surface area contributed by atoms with Gasteiger partial charge in [-0.05, 0) is 41.6 Å². The summed E-state index contributed by atoms with van der Waals surface area (Å²) in [5.41, 5.74) is 1.90. The molecule has 0 heterocycles. The third-order valence-electron chi connectivity index (χ3n) is 6.15. The molecule has 112 valence electrons. The summed E-state index contributed by atoms with van der Waals surface area (Å²) in [5, 5.41) is 13.3. The monoisotopic (exact) mass is 282 g/mol. The molecule has 1 N–H and O–H groups in total. The molecule has 3 rings (SSSR count). The van der Waals surface area contributed by atoms with Gasteiger partial charge in [-0.2, -0.15) is 5.26 Å². The van der Waals surface area contributed by atoms with Gasteiger partial charge in [-0.3, -0.25) is 0 Å². The maximum absolute atomic E-state index is 9.49. The quantitative estimate of drug-likeness (QED) is 0.902. The van der Waals surface area contributed by atoms with Gasteiger partial charge in [0.25, 0.3) is 0 Å². The van der Waals surface area contributed by atoms with Crippen molar-refractivity contribution in [2.24, 2.45) is 16.7 Å². The molecule has 2 nitrogen and oxygen atoms in total. The largest absolute Gasteiger partial charge is 0.311 e. The van der Waals surface area contributed by atoms with Gasteiger partial charge in [0, 0.05) is 12.6 Å². The van der Waals surface area contributed by atoms with Gasteiger partial charge in [0.1, 0.15) is 0 Å². The van der Waals surface area contributed by atoms with Gasteiger partial charge in [-0.1, -0.05) is 51.1 Å². The number of hydrogen-bond acceptors (Lipinski definition) is 2. The fraction of sp³-hybridized carbons (Fsp3) is 0.632. The van der Waals surface area contributed by atoms with E-state index in [0.717, 1.165) is 18.0 Å². The van der Waals surface area contributed by atoms with Crippen molar-refractivity contribution in [2.45, 2.75) is 52.0 Å². The molecule has 4 unspecified atom stereocenters. The Morgan fingerprint density at radius 2 is 2.00 bits per heavy atom. The molecule has 2 heteroatoms. The molecule has 2 bridgehead atoms. The summed E-state index contributed by atoms with van der Waals surface area (Å²) in [6, 6.07) is 13.2. The van der Waals surface area contributed by atoms with E-state index in [-0.39, 0.29) is 5.92 Å². The number of nitrogens with zero attached hydrogens (tertiary/aromatic N) is 1. The Labute approximate surface area is 128 Å². The lowest BCUT2D eigenvalue weighted by molar-refractivity contribution is 0.109. The number of rotatable bonds is 4. The highest BCUT2D eigenvalue weighted by molar-refractivity contribution is 5.25. The van der Waals surface area contributed by atoms with E-state index in [9.17, 15) is 5.26 Å². The first-order chi connectivity index (χ1) is 9.97. The highest BCUT2D eigenvalue weighted by Gasteiger charge is 2.58. The normalized spacial score (nSPS) is 34.6. The van der Waals surface area contributed by atoms with Crippen LogP contribution in [0, 0.1) is 28.1 Å². The summed E-state index contributed by atoms with van der Waals surface area (Å²) in [6.07, 6.45) is 4.06. The predicted molar refractivity (Wildman–Crippen MR) is 85.8 cm³/mol. The van der Waals surface area contributed by atoms with Crippen molar-refractivity contribution in [3.8, 4) is 6.07 Å². The summed E-state index contributed by atoms with van der Waals surface area (Å²) in [7, 11) is 0. The van der Waals surface area contributed by atoms with Crippen molar-refractivity contribution >= 4 is 0 Å². The van der Waals surface area contributed by atoms with Crippen molar-refractivity contribution in [3.63, 3.8) is 0 Å². The molecular formula is C19H26N2. The maximum atomic E-state index is 9.49. The summed E-state index contributed by atoms with van der Waals surface area (Å²) >= 11 is 0. The Bertz CT molecular complexity index is 538. The van der Waals surface area contributed by atoms with Crippen LogP contribution < -0.4 is 5.32 Å². The van der Waals surface area contributed by atoms with Crippen molar-refractivity contribution < 1.29 is 0 Å². The lowest BCUT2D eigenvalue weighted by Gasteiger charge is -2.43. The summed E-state index contributed by atoms with van der Waals surface area (Å²) in [4.78, 5) is 0. The van der Waals surface area contributed by atoms with Gasteiger partial charge in [0.05, 0.1) is 12.0 Å². The maximum Gasteiger partial charge on any atom is 0.0837 e. The van der Waals surface area contributed by atoms with Crippen molar-refractivity contribution in [1.82, 2.24) is 5.32 Å². The first-order valence-electron chi connectivity index (χ1n) is 8.15. The van der Waals surface area contributed by atoms with E-state index < -0.39 is 0 Å². The lowest BCUT2D eigenvalue weighted by Crippen LogP contribution is -2.51. The SMILES string of the molecule is CC12CCC(C1)C(C)(C)C2NCC(C#N)c1ccccc1. The van der Waals surface area contributed by atoms with Crippen molar-refractivity contribution in [3.05, 3.63) is 35.9 Å². The Morgan fingerprint density at radius 3 is 2.57 bits per heavy atom. The molecule has 0 radical (unpaired) electrons. The van der Waals surface area contributed by atoms with Crippen molar-refractivity contribution in [1.29, 1.82) is 5.26 Å². The second-order valence-corrected chi connectivity index (χ2v) is 7.85. The fourth-order valence-corrected chi connectivity index (χ4v) is 4.97. The third-order valence-corrected chi connectivity index (χ3v) is 6.15. The van der Waals surface area contributed by atoms with Crippen molar-refractivity contribution in [2.75, 3.05) is 6.54 Å². The summed E-state index contributed by atoms with van der Waals surface area (Å²) in [5.74, 6) is 0.794. The number of fused-ring (bicyclic) bond motifs is 2. The number of benzene rings is 1. The topological polar surface area (TPSA) is 35.8 Å². The van der Waals surface area contributed by atoms with Gasteiger partial charge >= 0.3 is 0 Å². The molecule has 0 amide bonds. The first kappa shape index (κ1) is 14.6. The molecule has 4 atom stereocenters. The second kappa shape index (κ2) is 5.14. The average Bonchev–Trinajstić information content (AvgIpc) is 2.95. The second-order valence-electron chi connectivity index (χ2n) is 7.85. The highest BCUT2D eigenvalue weighted by Crippen LogP contribution is 2.62. The molecule has 0 aromatic heterocycles. The van der Waals surface area contributed by atoms with Crippen LogP contribution in [0.25, 0.3) is 0 Å². The van der Waals surface area contributed by atoms with Gasteiger partial charge in [0.2, 0.25) is 0 Å². The Morgan fingerprint density at radius 1 is 1.29 bits per heavy atom.